The molecular weight excluding hydrogens is 294 g/mol. The molecule has 0 saturated heterocycles. The summed E-state index contributed by atoms with van der Waals surface area (Å²) in [5.41, 5.74) is 0.792. The molecule has 2 aromatic rings. The number of rotatable bonds is 6. The zero-order chi connectivity index (χ0) is 16.8. The summed E-state index contributed by atoms with van der Waals surface area (Å²) in [6, 6.07) is 7.35. The maximum Gasteiger partial charge on any atom is 0.249 e. The van der Waals surface area contributed by atoms with Crippen molar-refractivity contribution in [3.05, 3.63) is 42.1 Å². The van der Waals surface area contributed by atoms with Gasteiger partial charge < -0.3 is 14.8 Å². The standard InChI is InChI=1S/C17H21N3O3/c1-12(2)20-16(9-10-18-20)19-17(21)8-6-13-5-7-14(22-3)11-15(13)23-4/h5-12H,1-4H3,(H,19,21). The molecule has 0 atom stereocenters. The zero-order valence-electron chi connectivity index (χ0n) is 13.7. The number of anilines is 1. The second kappa shape index (κ2) is 7.49. The van der Waals surface area contributed by atoms with Crippen molar-refractivity contribution in [3.8, 4) is 11.5 Å². The lowest BCUT2D eigenvalue weighted by molar-refractivity contribution is -0.111. The van der Waals surface area contributed by atoms with E-state index in [1.54, 1.807) is 43.3 Å². The van der Waals surface area contributed by atoms with Crippen LogP contribution in [0.3, 0.4) is 0 Å². The molecule has 1 aromatic carbocycles. The minimum Gasteiger partial charge on any atom is -0.497 e. The number of methoxy groups -OCH3 is 2. The van der Waals surface area contributed by atoms with E-state index in [2.05, 4.69) is 10.4 Å². The lowest BCUT2D eigenvalue weighted by Crippen LogP contribution is -2.14. The van der Waals surface area contributed by atoms with Gasteiger partial charge in [0.25, 0.3) is 0 Å². The van der Waals surface area contributed by atoms with Crippen LogP contribution in [0.1, 0.15) is 25.5 Å². The first-order chi connectivity index (χ1) is 11.0. The Bertz CT molecular complexity index is 705. The van der Waals surface area contributed by atoms with Crippen LogP contribution in [0.4, 0.5) is 5.82 Å². The van der Waals surface area contributed by atoms with Crippen LogP contribution >= 0.6 is 0 Å². The normalized spacial score (nSPS) is 11.0. The third-order valence-electron chi connectivity index (χ3n) is 3.27. The number of nitrogens with zero attached hydrogens (tertiary/aromatic N) is 2. The van der Waals surface area contributed by atoms with Gasteiger partial charge in [-0.1, -0.05) is 0 Å². The molecule has 1 amide bonds. The molecule has 0 saturated carbocycles. The zero-order valence-corrected chi connectivity index (χ0v) is 13.7. The summed E-state index contributed by atoms with van der Waals surface area (Å²) in [6.07, 6.45) is 4.82. The molecule has 0 bridgehead atoms. The van der Waals surface area contributed by atoms with Crippen molar-refractivity contribution in [1.82, 2.24) is 9.78 Å². The number of benzene rings is 1. The van der Waals surface area contributed by atoms with Crippen LogP contribution in [0.25, 0.3) is 6.08 Å². The van der Waals surface area contributed by atoms with Crippen LogP contribution < -0.4 is 14.8 Å². The van der Waals surface area contributed by atoms with Crippen molar-refractivity contribution in [2.24, 2.45) is 0 Å². The first-order valence-corrected chi connectivity index (χ1v) is 7.29. The van der Waals surface area contributed by atoms with Crippen molar-refractivity contribution in [2.75, 3.05) is 19.5 Å². The highest BCUT2D eigenvalue weighted by molar-refractivity contribution is 6.01. The van der Waals surface area contributed by atoms with Gasteiger partial charge in [-0.25, -0.2) is 4.68 Å². The van der Waals surface area contributed by atoms with Gasteiger partial charge in [0.1, 0.15) is 17.3 Å². The molecule has 0 aliphatic carbocycles. The first-order valence-electron chi connectivity index (χ1n) is 7.29. The van der Waals surface area contributed by atoms with Gasteiger partial charge in [0.15, 0.2) is 0 Å². The number of hydrogen-bond acceptors (Lipinski definition) is 4. The largest absolute Gasteiger partial charge is 0.497 e. The molecule has 6 heteroatoms. The summed E-state index contributed by atoms with van der Waals surface area (Å²) in [5.74, 6) is 1.77. The Labute approximate surface area is 135 Å². The summed E-state index contributed by atoms with van der Waals surface area (Å²) in [7, 11) is 3.17. The van der Waals surface area contributed by atoms with Crippen molar-refractivity contribution in [2.45, 2.75) is 19.9 Å². The van der Waals surface area contributed by atoms with Gasteiger partial charge in [-0.15, -0.1) is 0 Å². The van der Waals surface area contributed by atoms with Crippen molar-refractivity contribution in [1.29, 1.82) is 0 Å². The van der Waals surface area contributed by atoms with Gasteiger partial charge in [-0.05, 0) is 32.1 Å². The van der Waals surface area contributed by atoms with Crippen LogP contribution in [-0.4, -0.2) is 29.9 Å². The molecule has 0 aliphatic rings. The highest BCUT2D eigenvalue weighted by Crippen LogP contribution is 2.25. The number of carbonyl (C=O) groups is 1. The molecule has 23 heavy (non-hydrogen) atoms. The van der Waals surface area contributed by atoms with E-state index in [0.717, 1.165) is 5.56 Å². The van der Waals surface area contributed by atoms with Crippen LogP contribution in [0.5, 0.6) is 11.5 Å². The molecular formula is C17H21N3O3. The number of amides is 1. The lowest BCUT2D eigenvalue weighted by Gasteiger charge is -2.10. The molecule has 0 aliphatic heterocycles. The molecule has 0 radical (unpaired) electrons. The number of nitrogens with one attached hydrogen (secondary N) is 1. The molecule has 2 rings (SSSR count). The lowest BCUT2D eigenvalue weighted by atomic mass is 10.1. The van der Waals surface area contributed by atoms with E-state index in [0.29, 0.717) is 17.3 Å². The maximum atomic E-state index is 12.1. The second-order valence-electron chi connectivity index (χ2n) is 5.19. The van der Waals surface area contributed by atoms with Crippen LogP contribution in [0, 0.1) is 0 Å². The molecule has 1 heterocycles. The van der Waals surface area contributed by atoms with Crippen molar-refractivity contribution < 1.29 is 14.3 Å². The molecule has 122 valence electrons. The fourth-order valence-electron chi connectivity index (χ4n) is 2.11. The Balaban J connectivity index is 2.11. The summed E-state index contributed by atoms with van der Waals surface area (Å²) in [5, 5.41) is 6.99. The highest BCUT2D eigenvalue weighted by Gasteiger charge is 2.08. The topological polar surface area (TPSA) is 65.4 Å². The molecule has 0 fully saturated rings. The van der Waals surface area contributed by atoms with Gasteiger partial charge in [0.05, 0.1) is 20.4 Å². The van der Waals surface area contributed by atoms with E-state index >= 15 is 0 Å². The van der Waals surface area contributed by atoms with Crippen LogP contribution in [0.2, 0.25) is 0 Å². The van der Waals surface area contributed by atoms with E-state index < -0.39 is 0 Å². The average molecular weight is 315 g/mol. The third-order valence-corrected chi connectivity index (χ3v) is 3.27. The number of hydrogen-bond donors (Lipinski definition) is 1. The van der Waals surface area contributed by atoms with E-state index in [1.807, 2.05) is 26.0 Å². The second-order valence-corrected chi connectivity index (χ2v) is 5.19. The van der Waals surface area contributed by atoms with Crippen molar-refractivity contribution >= 4 is 17.8 Å². The Morgan fingerprint density at radius 2 is 2.04 bits per heavy atom. The summed E-state index contributed by atoms with van der Waals surface area (Å²) < 4.78 is 12.2. The molecule has 6 nitrogen and oxygen atoms in total. The Morgan fingerprint density at radius 3 is 2.70 bits per heavy atom. The highest BCUT2D eigenvalue weighted by atomic mass is 16.5. The van der Waals surface area contributed by atoms with E-state index in [9.17, 15) is 4.79 Å². The quantitative estimate of drug-likeness (QED) is 0.832. The van der Waals surface area contributed by atoms with Gasteiger partial charge in [0, 0.05) is 29.8 Å². The fourth-order valence-corrected chi connectivity index (χ4v) is 2.11. The predicted molar refractivity (Wildman–Crippen MR) is 89.8 cm³/mol. The summed E-state index contributed by atoms with van der Waals surface area (Å²) in [4.78, 5) is 12.1. The fraction of sp³-hybridized carbons (Fsp3) is 0.294. The summed E-state index contributed by atoms with van der Waals surface area (Å²) in [6.45, 7) is 4.00. The minimum absolute atomic E-state index is 0.172. The van der Waals surface area contributed by atoms with Gasteiger partial charge in [-0.2, -0.15) is 5.10 Å². The van der Waals surface area contributed by atoms with E-state index in [-0.39, 0.29) is 11.9 Å². The van der Waals surface area contributed by atoms with Crippen LogP contribution in [-0.2, 0) is 4.79 Å². The van der Waals surface area contributed by atoms with Crippen molar-refractivity contribution in [3.63, 3.8) is 0 Å². The monoisotopic (exact) mass is 315 g/mol. The maximum absolute atomic E-state index is 12.1. The summed E-state index contributed by atoms with van der Waals surface area (Å²) >= 11 is 0. The average Bonchev–Trinajstić information content (AvgIpc) is 3.01. The Morgan fingerprint density at radius 1 is 1.26 bits per heavy atom. The Hall–Kier alpha value is -2.76. The molecule has 1 aromatic heterocycles. The number of ether oxygens (including phenoxy) is 2. The van der Waals surface area contributed by atoms with Crippen LogP contribution in [0.15, 0.2) is 36.5 Å². The number of aromatic nitrogens is 2. The van der Waals surface area contributed by atoms with E-state index in [1.165, 1.54) is 6.08 Å². The molecule has 1 N–H and O–H groups in total. The van der Waals surface area contributed by atoms with Gasteiger partial charge in [0.2, 0.25) is 5.91 Å². The predicted octanol–water partition coefficient (Wildman–Crippen LogP) is 3.13. The number of carbonyl (C=O) groups excluding carboxylic acids is 1. The molecule has 0 unspecified atom stereocenters. The third kappa shape index (κ3) is 4.12. The SMILES string of the molecule is COc1ccc(C=CC(=O)Nc2ccnn2C(C)C)c(OC)c1. The van der Waals surface area contributed by atoms with Gasteiger partial charge >= 0.3 is 0 Å². The van der Waals surface area contributed by atoms with E-state index in [4.69, 9.17) is 9.47 Å². The van der Waals surface area contributed by atoms with Gasteiger partial charge in [-0.3, -0.25) is 4.79 Å². The Kier molecular flexibility index (Phi) is 5.41. The molecule has 0 spiro atoms. The first kappa shape index (κ1) is 16.6. The minimum atomic E-state index is -0.231. The smallest absolute Gasteiger partial charge is 0.249 e.